The number of benzene rings is 2. The highest BCUT2D eigenvalue weighted by Gasteiger charge is 2.31. The van der Waals surface area contributed by atoms with Gasteiger partial charge in [-0.05, 0) is 69.2 Å². The first-order chi connectivity index (χ1) is 17.4. The number of alkyl halides is 1. The summed E-state index contributed by atoms with van der Waals surface area (Å²) in [7, 11) is 2.06. The molecule has 0 aliphatic heterocycles. The first-order valence-corrected chi connectivity index (χ1v) is 12.9. The van der Waals surface area contributed by atoms with Crippen molar-refractivity contribution in [2.24, 2.45) is 5.92 Å². The molecular formula is C27H28F2N3O3P. The van der Waals surface area contributed by atoms with Gasteiger partial charge < -0.3 is 14.0 Å². The fraction of sp³-hybridized carbons (Fsp3) is 0.407. The summed E-state index contributed by atoms with van der Waals surface area (Å²) in [5.74, 6) is -0.915. The molecule has 2 saturated carbocycles. The maximum Gasteiger partial charge on any atom is 0.411 e. The number of rotatable bonds is 8. The van der Waals surface area contributed by atoms with Crippen LogP contribution in [-0.4, -0.2) is 29.3 Å². The lowest BCUT2D eigenvalue weighted by Crippen LogP contribution is -2.22. The van der Waals surface area contributed by atoms with E-state index < -0.39 is 17.8 Å². The zero-order chi connectivity index (χ0) is 25.4. The Hall–Kier alpha value is -3.17. The number of aromatic nitrogens is 1. The fourth-order valence-electron chi connectivity index (χ4n) is 4.71. The number of halogens is 2. The van der Waals surface area contributed by atoms with Gasteiger partial charge in [-0.15, -0.1) is 0 Å². The van der Waals surface area contributed by atoms with Crippen LogP contribution in [0.4, 0.5) is 19.3 Å². The van der Waals surface area contributed by atoms with Crippen LogP contribution in [0.1, 0.15) is 50.6 Å². The lowest BCUT2D eigenvalue weighted by atomic mass is 9.92. The quantitative estimate of drug-likeness (QED) is 0.333. The second-order valence-electron chi connectivity index (χ2n) is 9.56. The molecule has 6 nitrogen and oxygen atoms in total. The molecule has 0 saturated heterocycles. The number of nitrogens with zero attached hydrogens (tertiary/aromatic N) is 2. The highest BCUT2D eigenvalue weighted by Crippen LogP contribution is 2.43. The Bertz CT molecular complexity index is 1340. The average Bonchev–Trinajstić information content (AvgIpc) is 3.61. The summed E-state index contributed by atoms with van der Waals surface area (Å²) >= 11 is 0. The summed E-state index contributed by atoms with van der Waals surface area (Å²) in [6.07, 6.45) is 4.14. The van der Waals surface area contributed by atoms with Gasteiger partial charge in [0.05, 0.1) is 22.5 Å². The zero-order valence-corrected chi connectivity index (χ0v) is 21.1. The number of carbonyl (C=O) groups excluding carboxylic acids is 1. The molecule has 9 heteroatoms. The molecule has 3 aromatic rings. The van der Waals surface area contributed by atoms with Gasteiger partial charge in [-0.25, -0.2) is 13.6 Å². The monoisotopic (exact) mass is 511 g/mol. The summed E-state index contributed by atoms with van der Waals surface area (Å²) in [4.78, 5) is 12.2. The summed E-state index contributed by atoms with van der Waals surface area (Å²) in [6, 6.07) is 12.3. The molecule has 1 amide bonds. The van der Waals surface area contributed by atoms with Gasteiger partial charge in [0.2, 0.25) is 0 Å². The second kappa shape index (κ2) is 10.1. The Morgan fingerprint density at radius 1 is 1.25 bits per heavy atom. The number of fused-ring (bicyclic) bond motifs is 1. The minimum atomic E-state index is -1.19. The number of amides is 1. The molecule has 0 radical (unpaired) electrons. The van der Waals surface area contributed by atoms with Crippen LogP contribution in [0.3, 0.4) is 0 Å². The van der Waals surface area contributed by atoms with Gasteiger partial charge in [-0.2, -0.15) is 5.26 Å². The van der Waals surface area contributed by atoms with Crippen molar-refractivity contribution in [3.63, 3.8) is 0 Å². The van der Waals surface area contributed by atoms with E-state index in [1.807, 2.05) is 13.0 Å². The molecule has 2 fully saturated rings. The number of carbonyl (C=O) groups is 1. The van der Waals surface area contributed by atoms with E-state index in [0.717, 1.165) is 43.0 Å². The summed E-state index contributed by atoms with van der Waals surface area (Å²) in [6.45, 7) is 1.74. The van der Waals surface area contributed by atoms with Crippen molar-refractivity contribution >= 4 is 31.9 Å². The Balaban J connectivity index is 1.50. The van der Waals surface area contributed by atoms with E-state index in [-0.39, 0.29) is 24.4 Å². The minimum absolute atomic E-state index is 0.0189. The van der Waals surface area contributed by atoms with Gasteiger partial charge in [0.25, 0.3) is 0 Å². The van der Waals surface area contributed by atoms with Crippen molar-refractivity contribution in [3.05, 3.63) is 47.8 Å². The van der Waals surface area contributed by atoms with E-state index in [1.54, 1.807) is 18.2 Å². The van der Waals surface area contributed by atoms with Crippen LogP contribution in [0.5, 0.6) is 5.75 Å². The molecule has 3 atom stereocenters. The normalized spacial score (nSPS) is 17.2. The molecule has 5 rings (SSSR count). The van der Waals surface area contributed by atoms with E-state index in [9.17, 15) is 14.4 Å². The lowest BCUT2D eigenvalue weighted by molar-refractivity contribution is 0.108. The van der Waals surface area contributed by atoms with E-state index in [4.69, 9.17) is 9.47 Å². The van der Waals surface area contributed by atoms with E-state index in [1.165, 1.54) is 12.1 Å². The summed E-state index contributed by atoms with van der Waals surface area (Å²) < 4.78 is 41.4. The molecule has 1 N–H and O–H groups in total. The fourth-order valence-corrected chi connectivity index (χ4v) is 4.81. The van der Waals surface area contributed by atoms with Crippen molar-refractivity contribution in [1.29, 1.82) is 5.26 Å². The third-order valence-electron chi connectivity index (χ3n) is 6.99. The molecule has 2 aromatic carbocycles. The number of anilines is 1. The Kier molecular flexibility index (Phi) is 6.85. The molecule has 2 aliphatic carbocycles. The molecule has 3 unspecified atom stereocenters. The average molecular weight is 512 g/mol. The third kappa shape index (κ3) is 4.90. The first kappa shape index (κ1) is 24.5. The van der Waals surface area contributed by atoms with E-state index in [0.29, 0.717) is 28.5 Å². The van der Waals surface area contributed by atoms with Crippen LogP contribution in [-0.2, 0) is 4.74 Å². The highest BCUT2D eigenvalue weighted by molar-refractivity contribution is 7.17. The van der Waals surface area contributed by atoms with Gasteiger partial charge in [0.15, 0.2) is 0 Å². The Morgan fingerprint density at radius 2 is 2.03 bits per heavy atom. The summed E-state index contributed by atoms with van der Waals surface area (Å²) in [5.41, 5.74) is 2.41. The smallest absolute Gasteiger partial charge is 0.411 e. The van der Waals surface area contributed by atoms with Gasteiger partial charge in [-0.1, -0.05) is 15.3 Å². The molecule has 2 aliphatic rings. The molecule has 36 heavy (non-hydrogen) atoms. The van der Waals surface area contributed by atoms with E-state index in [2.05, 4.69) is 25.2 Å². The molecule has 0 bridgehead atoms. The van der Waals surface area contributed by atoms with Gasteiger partial charge in [-0.3, -0.25) is 5.32 Å². The third-order valence-corrected chi connectivity index (χ3v) is 7.19. The topological polar surface area (TPSA) is 76.3 Å². The Morgan fingerprint density at radius 3 is 2.64 bits per heavy atom. The van der Waals surface area contributed by atoms with E-state index >= 15 is 4.39 Å². The minimum Gasteiger partial charge on any atom is -0.490 e. The van der Waals surface area contributed by atoms with Crippen LogP contribution >= 0.6 is 9.24 Å². The number of hydrogen-bond acceptors (Lipinski definition) is 4. The first-order valence-electron chi connectivity index (χ1n) is 12.2. The second-order valence-corrected chi connectivity index (χ2v) is 10.3. The maximum absolute atomic E-state index is 15.1. The van der Waals surface area contributed by atoms with Crippen LogP contribution in [0.25, 0.3) is 22.2 Å². The molecule has 1 aromatic heterocycles. The van der Waals surface area contributed by atoms with Crippen molar-refractivity contribution in [2.75, 3.05) is 11.9 Å². The summed E-state index contributed by atoms with van der Waals surface area (Å²) in [5, 5.41) is 13.3. The SMILES string of the molecule is CC(OC(=O)Nc1ccc(-c2c(C#N)c3ccc(OCC(F)P)cc3n2C2CCC2)cc1F)C1CC1. The standard InChI is InChI=1S/C27H28F2N3O3P/c1-15(16-5-6-16)35-27(33)31-23-10-7-17(11-22(23)28)26-21(13-30)20-9-8-19(34-14-25(29)36)12-24(20)32(26)18-3-2-4-18/h7-12,15-16,18,25H,2-6,14,36H2,1H3,(H,31,33). The van der Waals surface area contributed by atoms with Gasteiger partial charge in [0.1, 0.15) is 36.3 Å². The molecular weight excluding hydrogens is 483 g/mol. The maximum atomic E-state index is 15.1. The van der Waals surface area contributed by atoms with Crippen LogP contribution < -0.4 is 10.1 Å². The lowest BCUT2D eigenvalue weighted by Gasteiger charge is -2.30. The van der Waals surface area contributed by atoms with Crippen molar-refractivity contribution in [2.45, 2.75) is 57.1 Å². The predicted octanol–water partition coefficient (Wildman–Crippen LogP) is 6.94. The molecule has 1 heterocycles. The van der Waals surface area contributed by atoms with Gasteiger partial charge in [0, 0.05) is 23.1 Å². The molecule has 0 spiro atoms. The predicted molar refractivity (Wildman–Crippen MR) is 137 cm³/mol. The van der Waals surface area contributed by atoms with Crippen molar-refractivity contribution in [1.82, 2.24) is 4.57 Å². The molecule has 188 valence electrons. The van der Waals surface area contributed by atoms with Crippen LogP contribution in [0, 0.1) is 23.1 Å². The highest BCUT2D eigenvalue weighted by atomic mass is 31.0. The van der Waals surface area contributed by atoms with Crippen LogP contribution in [0.2, 0.25) is 0 Å². The largest absolute Gasteiger partial charge is 0.490 e. The number of nitrogens with one attached hydrogen (secondary N) is 1. The van der Waals surface area contributed by atoms with Crippen molar-refractivity contribution in [3.8, 4) is 23.1 Å². The van der Waals surface area contributed by atoms with Crippen molar-refractivity contribution < 1.29 is 23.0 Å². The van der Waals surface area contributed by atoms with Crippen LogP contribution in [0.15, 0.2) is 36.4 Å². The number of nitriles is 1. The zero-order valence-electron chi connectivity index (χ0n) is 20.0. The number of hydrogen-bond donors (Lipinski definition) is 1. The Labute approximate surface area is 210 Å². The number of ether oxygens (including phenoxy) is 2. The van der Waals surface area contributed by atoms with Gasteiger partial charge >= 0.3 is 6.09 Å².